The Morgan fingerprint density at radius 3 is 2.88 bits per heavy atom. The minimum Gasteiger partial charge on any atom is -0.488 e. The number of benzene rings is 2. The molecule has 6 heteroatoms. The number of hydrogen-bond acceptors (Lipinski definition) is 4. The van der Waals surface area contributed by atoms with Crippen molar-refractivity contribution in [2.75, 3.05) is 18.5 Å². The monoisotopic (exact) mass is 401 g/mol. The van der Waals surface area contributed by atoms with Crippen LogP contribution in [0.3, 0.4) is 0 Å². The van der Waals surface area contributed by atoms with Gasteiger partial charge >= 0.3 is 5.97 Å². The van der Waals surface area contributed by atoms with Crippen molar-refractivity contribution in [2.24, 2.45) is 0 Å². The number of carbonyl (C=O) groups is 2. The van der Waals surface area contributed by atoms with E-state index >= 15 is 0 Å². The molecule has 0 aliphatic carbocycles. The van der Waals surface area contributed by atoms with Gasteiger partial charge in [-0.15, -0.1) is 0 Å². The predicted octanol–water partition coefficient (Wildman–Crippen LogP) is 4.04. The lowest BCUT2D eigenvalue weighted by Crippen LogP contribution is -2.21. The maximum atomic E-state index is 12.5. The number of ether oxygens (including phenoxy) is 2. The second kappa shape index (κ2) is 7.53. The lowest BCUT2D eigenvalue weighted by molar-refractivity contribution is -0.113. The van der Waals surface area contributed by atoms with Crippen molar-refractivity contribution in [3.63, 3.8) is 0 Å². The van der Waals surface area contributed by atoms with E-state index < -0.39 is 5.97 Å². The van der Waals surface area contributed by atoms with Gasteiger partial charge < -0.3 is 14.8 Å². The molecule has 0 bridgehead atoms. The van der Waals surface area contributed by atoms with Gasteiger partial charge in [0.1, 0.15) is 12.4 Å². The van der Waals surface area contributed by atoms with Crippen LogP contribution in [0.5, 0.6) is 5.75 Å². The number of nitrogens with one attached hydrogen (secondary N) is 1. The smallest absolute Gasteiger partial charge is 0.338 e. The molecule has 0 spiro atoms. The molecule has 0 saturated heterocycles. The summed E-state index contributed by atoms with van der Waals surface area (Å²) >= 11 is 3.41. The summed E-state index contributed by atoms with van der Waals surface area (Å²) in [7, 11) is 0. The van der Waals surface area contributed by atoms with Crippen LogP contribution in [0.25, 0.3) is 6.08 Å². The van der Waals surface area contributed by atoms with Crippen LogP contribution in [0.15, 0.2) is 52.5 Å². The molecule has 1 N–H and O–H groups in total. The average molecular weight is 402 g/mol. The lowest BCUT2D eigenvalue weighted by atomic mass is 10.1. The van der Waals surface area contributed by atoms with Crippen LogP contribution < -0.4 is 10.1 Å². The zero-order valence-corrected chi connectivity index (χ0v) is 15.1. The number of carbonyl (C=O) groups excluding carboxylic acids is 2. The molecule has 0 aromatic heterocycles. The highest BCUT2D eigenvalue weighted by Gasteiger charge is 2.18. The van der Waals surface area contributed by atoms with Gasteiger partial charge in [-0.2, -0.15) is 0 Å². The number of esters is 1. The van der Waals surface area contributed by atoms with E-state index in [-0.39, 0.29) is 12.5 Å². The van der Waals surface area contributed by atoms with Crippen molar-refractivity contribution in [3.05, 3.63) is 63.6 Å². The molecular weight excluding hydrogens is 386 g/mol. The van der Waals surface area contributed by atoms with E-state index in [2.05, 4.69) is 21.2 Å². The van der Waals surface area contributed by atoms with E-state index in [4.69, 9.17) is 9.47 Å². The van der Waals surface area contributed by atoms with Gasteiger partial charge in [-0.25, -0.2) is 4.79 Å². The maximum Gasteiger partial charge on any atom is 0.338 e. The molecule has 128 valence electrons. The molecule has 2 aromatic carbocycles. The van der Waals surface area contributed by atoms with Crippen molar-refractivity contribution < 1.29 is 19.1 Å². The Bertz CT molecular complexity index is 860. The van der Waals surface area contributed by atoms with Gasteiger partial charge in [0, 0.05) is 15.7 Å². The average Bonchev–Trinajstić information content (AvgIpc) is 2.61. The fraction of sp³-hybridized carbons (Fsp3) is 0.158. The van der Waals surface area contributed by atoms with E-state index in [0.29, 0.717) is 23.4 Å². The molecule has 2 aromatic rings. The molecule has 5 nitrogen and oxygen atoms in total. The van der Waals surface area contributed by atoms with Crippen molar-refractivity contribution in [1.82, 2.24) is 0 Å². The van der Waals surface area contributed by atoms with Crippen molar-refractivity contribution in [3.8, 4) is 5.75 Å². The Morgan fingerprint density at radius 2 is 2.08 bits per heavy atom. The SMILES string of the molecule is CCOC(=O)c1cccc(NC(=O)C2=Cc3cc(Br)ccc3OC2)c1. The van der Waals surface area contributed by atoms with Crippen LogP contribution >= 0.6 is 15.9 Å². The highest BCUT2D eigenvalue weighted by molar-refractivity contribution is 9.10. The van der Waals surface area contributed by atoms with Crippen molar-refractivity contribution in [1.29, 1.82) is 0 Å². The zero-order valence-electron chi connectivity index (χ0n) is 13.5. The number of fused-ring (bicyclic) bond motifs is 1. The summed E-state index contributed by atoms with van der Waals surface area (Å²) in [6, 6.07) is 12.3. The van der Waals surface area contributed by atoms with Gasteiger partial charge in [-0.1, -0.05) is 22.0 Å². The Balaban J connectivity index is 1.77. The summed E-state index contributed by atoms with van der Waals surface area (Å²) in [5.74, 6) is 0.0493. The third-order valence-corrected chi connectivity index (χ3v) is 4.10. The van der Waals surface area contributed by atoms with Crippen LogP contribution in [-0.4, -0.2) is 25.1 Å². The standard InChI is InChI=1S/C19H16BrNO4/c1-2-24-19(23)12-4-3-5-16(10-12)21-18(22)14-8-13-9-15(20)6-7-17(13)25-11-14/h3-10H,2,11H2,1H3,(H,21,22). The highest BCUT2D eigenvalue weighted by Crippen LogP contribution is 2.29. The quantitative estimate of drug-likeness (QED) is 0.785. The second-order valence-electron chi connectivity index (χ2n) is 5.40. The first kappa shape index (κ1) is 17.2. The fourth-order valence-electron chi connectivity index (χ4n) is 2.43. The van der Waals surface area contributed by atoms with E-state index in [1.165, 1.54) is 0 Å². The summed E-state index contributed by atoms with van der Waals surface area (Å²) in [6.07, 6.45) is 1.80. The van der Waals surface area contributed by atoms with Crippen LogP contribution in [0.2, 0.25) is 0 Å². The number of rotatable bonds is 4. The number of halogens is 1. The van der Waals surface area contributed by atoms with Crippen LogP contribution in [0.4, 0.5) is 5.69 Å². The van der Waals surface area contributed by atoms with Gasteiger partial charge in [0.25, 0.3) is 5.91 Å². The van der Waals surface area contributed by atoms with Crippen LogP contribution in [0, 0.1) is 0 Å². The third kappa shape index (κ3) is 4.09. The van der Waals surface area contributed by atoms with E-state index in [9.17, 15) is 9.59 Å². The Morgan fingerprint density at radius 1 is 1.24 bits per heavy atom. The minimum absolute atomic E-state index is 0.192. The largest absolute Gasteiger partial charge is 0.488 e. The van der Waals surface area contributed by atoms with E-state index in [0.717, 1.165) is 15.8 Å². The first-order chi connectivity index (χ1) is 12.1. The number of anilines is 1. The van der Waals surface area contributed by atoms with Gasteiger partial charge in [-0.05, 0) is 49.4 Å². The Hall–Kier alpha value is -2.60. The summed E-state index contributed by atoms with van der Waals surface area (Å²) in [5, 5.41) is 2.79. The summed E-state index contributed by atoms with van der Waals surface area (Å²) < 4.78 is 11.5. The topological polar surface area (TPSA) is 64.6 Å². The molecule has 1 amide bonds. The second-order valence-corrected chi connectivity index (χ2v) is 6.31. The van der Waals surface area contributed by atoms with Gasteiger partial charge in [0.05, 0.1) is 17.7 Å². The minimum atomic E-state index is -0.419. The van der Waals surface area contributed by atoms with Crippen LogP contribution in [0.1, 0.15) is 22.8 Å². The lowest BCUT2D eigenvalue weighted by Gasteiger charge is -2.18. The number of amides is 1. The molecule has 0 atom stereocenters. The molecule has 3 rings (SSSR count). The van der Waals surface area contributed by atoms with Gasteiger partial charge in [0.15, 0.2) is 0 Å². The third-order valence-electron chi connectivity index (χ3n) is 3.61. The normalized spacial score (nSPS) is 12.5. The van der Waals surface area contributed by atoms with Crippen molar-refractivity contribution >= 4 is 39.6 Å². The highest BCUT2D eigenvalue weighted by atomic mass is 79.9. The summed E-state index contributed by atoms with van der Waals surface area (Å²) in [4.78, 5) is 24.3. The fourth-order valence-corrected chi connectivity index (χ4v) is 2.81. The van der Waals surface area contributed by atoms with E-state index in [1.807, 2.05) is 18.2 Å². The zero-order chi connectivity index (χ0) is 17.8. The molecule has 25 heavy (non-hydrogen) atoms. The summed E-state index contributed by atoms with van der Waals surface area (Å²) in [6.45, 7) is 2.24. The van der Waals surface area contributed by atoms with Crippen LogP contribution in [-0.2, 0) is 9.53 Å². The molecule has 0 unspecified atom stereocenters. The van der Waals surface area contributed by atoms with Crippen molar-refractivity contribution in [2.45, 2.75) is 6.92 Å². The molecule has 1 heterocycles. The Labute approximate surface area is 153 Å². The molecule has 0 fully saturated rings. The first-order valence-electron chi connectivity index (χ1n) is 7.78. The molecule has 0 saturated carbocycles. The van der Waals surface area contributed by atoms with Gasteiger partial charge in [-0.3, -0.25) is 4.79 Å². The summed E-state index contributed by atoms with van der Waals surface area (Å²) in [5.41, 5.74) is 2.26. The Kier molecular flexibility index (Phi) is 5.19. The first-order valence-corrected chi connectivity index (χ1v) is 8.57. The number of hydrogen-bond donors (Lipinski definition) is 1. The molecule has 1 aliphatic rings. The molecule has 0 radical (unpaired) electrons. The molecule has 1 aliphatic heterocycles. The van der Waals surface area contributed by atoms with E-state index in [1.54, 1.807) is 37.3 Å². The predicted molar refractivity (Wildman–Crippen MR) is 98.6 cm³/mol. The maximum absolute atomic E-state index is 12.5. The molecular formula is C19H16BrNO4. The van der Waals surface area contributed by atoms with Gasteiger partial charge in [0.2, 0.25) is 0 Å².